The molecule has 0 spiro atoms. The first-order valence-electron chi connectivity index (χ1n) is 35.3. The van der Waals surface area contributed by atoms with E-state index >= 15 is 0 Å². The van der Waals surface area contributed by atoms with Crippen molar-refractivity contribution < 1.29 is 0 Å². The molecule has 482 valence electrons. The number of para-hydroxylation sites is 3. The second-order valence-corrected chi connectivity index (χ2v) is 27.9. The topological polar surface area (TPSA) is 16.3 Å². The molecule has 0 radical (unpaired) electrons. The largest absolute Gasteiger partial charge is 0.310 e. The Hall–Kier alpha value is -13.3. The van der Waals surface area contributed by atoms with Crippen LogP contribution in [-0.2, 0) is 0 Å². The van der Waals surface area contributed by atoms with Crippen LogP contribution in [0.15, 0.2) is 388 Å². The molecule has 17 aromatic carbocycles. The molecule has 3 aromatic heterocycles. The van der Waals surface area contributed by atoms with Crippen LogP contribution < -0.4 is 9.80 Å². The fourth-order valence-electron chi connectivity index (χ4n) is 15.9. The standard InChI is InChI=1S/C98H64N4S/c1-4-19-65(20-5-1)68-41-50-79(51-42-68)99(82-28-17-25-75(60-82)66-21-6-2-7-22-66)83-57-48-76-63-94-89(62-77(76)61-83)85-29-10-13-32-90(85)102(94)81-54-43-69(44-55-81)67-37-39-70(40-38-67)73-23-16-24-74(59-73)71-45-52-80(53-46-71)100(92-34-18-36-96-98(92)87-31-12-15-35-95(87)103-96)84-56-47-72-49-58-93-97(88(72)64-84)86-30-11-14-33-91(86)101(93)78-26-8-3-9-27-78/h1-64H. The van der Waals surface area contributed by atoms with Crippen molar-refractivity contribution in [2.75, 3.05) is 9.80 Å². The van der Waals surface area contributed by atoms with Crippen LogP contribution in [0.5, 0.6) is 0 Å². The third-order valence-electron chi connectivity index (χ3n) is 20.8. The minimum Gasteiger partial charge on any atom is -0.310 e. The van der Waals surface area contributed by atoms with Crippen LogP contribution in [0, 0.1) is 0 Å². The first-order chi connectivity index (χ1) is 51.0. The van der Waals surface area contributed by atoms with Gasteiger partial charge >= 0.3 is 0 Å². The number of anilines is 6. The van der Waals surface area contributed by atoms with Gasteiger partial charge in [0.15, 0.2) is 0 Å². The smallest absolute Gasteiger partial charge is 0.0554 e. The van der Waals surface area contributed by atoms with Crippen molar-refractivity contribution in [3.63, 3.8) is 0 Å². The van der Waals surface area contributed by atoms with Crippen LogP contribution in [0.3, 0.4) is 0 Å². The summed E-state index contributed by atoms with van der Waals surface area (Å²) in [6.45, 7) is 0. The van der Waals surface area contributed by atoms with Crippen LogP contribution in [0.1, 0.15) is 0 Å². The quantitative estimate of drug-likeness (QED) is 0.114. The maximum atomic E-state index is 2.47. The van der Waals surface area contributed by atoms with Crippen LogP contribution in [0.25, 0.3) is 152 Å². The second kappa shape index (κ2) is 24.8. The van der Waals surface area contributed by atoms with E-state index < -0.39 is 0 Å². The molecule has 0 aliphatic carbocycles. The highest BCUT2D eigenvalue weighted by molar-refractivity contribution is 7.26. The van der Waals surface area contributed by atoms with Crippen molar-refractivity contribution in [3.8, 4) is 67.0 Å². The van der Waals surface area contributed by atoms with Gasteiger partial charge in [-0.1, -0.05) is 249 Å². The van der Waals surface area contributed by atoms with Gasteiger partial charge in [-0.15, -0.1) is 11.3 Å². The van der Waals surface area contributed by atoms with E-state index in [-0.39, 0.29) is 0 Å². The highest BCUT2D eigenvalue weighted by Crippen LogP contribution is 2.48. The Labute approximate surface area is 601 Å². The number of hydrogen-bond acceptors (Lipinski definition) is 3. The van der Waals surface area contributed by atoms with Crippen LogP contribution >= 0.6 is 11.3 Å². The maximum Gasteiger partial charge on any atom is 0.0554 e. The van der Waals surface area contributed by atoms with E-state index in [4.69, 9.17) is 0 Å². The van der Waals surface area contributed by atoms with Gasteiger partial charge in [-0.05, 0) is 217 Å². The minimum absolute atomic E-state index is 1.09. The second-order valence-electron chi connectivity index (χ2n) is 26.8. The SMILES string of the molecule is c1ccc(-c2ccc(N(c3cccc(-c4ccccc4)c3)c3ccc4cc5c(cc4c3)c3ccccc3n5-c3ccc(-c4ccc(-c5cccc(-c6ccc(N(c7ccc8ccc9c(c8c7)c7ccccc7n9-c7ccccc7)c7cccc8sc9ccccc9c78)cc6)c5)cc4)cc3)cc2)cc1. The number of fused-ring (bicyclic) bond motifs is 12. The molecular weight excluding hydrogens is 1270 g/mol. The Morgan fingerprint density at radius 2 is 0.641 bits per heavy atom. The summed E-state index contributed by atoms with van der Waals surface area (Å²) >= 11 is 1.86. The summed E-state index contributed by atoms with van der Waals surface area (Å²) in [5, 5.41) is 12.3. The van der Waals surface area contributed by atoms with Crippen LogP contribution in [0.2, 0.25) is 0 Å². The van der Waals surface area contributed by atoms with Crippen molar-refractivity contribution in [3.05, 3.63) is 388 Å². The molecule has 4 nitrogen and oxygen atoms in total. The van der Waals surface area contributed by atoms with Crippen molar-refractivity contribution in [2.45, 2.75) is 0 Å². The Balaban J connectivity index is 0.602. The Bertz CT molecular complexity index is 6630. The van der Waals surface area contributed by atoms with E-state index in [0.717, 1.165) is 51.1 Å². The zero-order valence-corrected chi connectivity index (χ0v) is 57.0. The highest BCUT2D eigenvalue weighted by atomic mass is 32.1. The summed E-state index contributed by atoms with van der Waals surface area (Å²) in [6.07, 6.45) is 0. The molecule has 0 amide bonds. The van der Waals surface area contributed by atoms with Gasteiger partial charge in [0.1, 0.15) is 0 Å². The normalized spacial score (nSPS) is 11.7. The van der Waals surface area contributed by atoms with Crippen molar-refractivity contribution in [1.29, 1.82) is 0 Å². The minimum atomic E-state index is 1.09. The van der Waals surface area contributed by atoms with Crippen molar-refractivity contribution in [1.82, 2.24) is 9.13 Å². The van der Waals surface area contributed by atoms with Gasteiger partial charge in [0, 0.05) is 81.5 Å². The molecule has 20 aromatic rings. The molecule has 0 aliphatic heterocycles. The Kier molecular flexibility index (Phi) is 14.4. The number of aromatic nitrogens is 2. The third kappa shape index (κ3) is 10.4. The summed E-state index contributed by atoms with van der Waals surface area (Å²) < 4.78 is 7.39. The molecule has 5 heteroatoms. The Morgan fingerprint density at radius 1 is 0.194 bits per heavy atom. The molecule has 0 bridgehead atoms. The third-order valence-corrected chi connectivity index (χ3v) is 22.0. The van der Waals surface area contributed by atoms with E-state index in [0.29, 0.717) is 0 Å². The maximum absolute atomic E-state index is 2.47. The summed E-state index contributed by atoms with van der Waals surface area (Å²) in [4.78, 5) is 4.86. The zero-order chi connectivity index (χ0) is 67.9. The average molecular weight is 1330 g/mol. The summed E-state index contributed by atoms with van der Waals surface area (Å²) in [5.74, 6) is 0. The molecule has 20 rings (SSSR count). The molecule has 0 N–H and O–H groups in total. The lowest BCUT2D eigenvalue weighted by Gasteiger charge is -2.27. The lowest BCUT2D eigenvalue weighted by molar-refractivity contribution is 1.18. The molecule has 0 fully saturated rings. The van der Waals surface area contributed by atoms with E-state index in [1.807, 2.05) is 11.3 Å². The predicted molar refractivity (Wildman–Crippen MR) is 440 cm³/mol. The van der Waals surface area contributed by atoms with Crippen LogP contribution in [0.4, 0.5) is 34.1 Å². The fraction of sp³-hybridized carbons (Fsp3) is 0. The Morgan fingerprint density at radius 3 is 1.33 bits per heavy atom. The van der Waals surface area contributed by atoms with E-state index in [9.17, 15) is 0 Å². The number of benzene rings is 17. The molecule has 3 heterocycles. The summed E-state index contributed by atoms with van der Waals surface area (Å²) in [5.41, 5.74) is 25.4. The van der Waals surface area contributed by atoms with Gasteiger partial charge in [-0.2, -0.15) is 0 Å². The van der Waals surface area contributed by atoms with Crippen molar-refractivity contribution >= 4 is 131 Å². The van der Waals surface area contributed by atoms with E-state index in [1.54, 1.807) is 0 Å². The summed E-state index contributed by atoms with van der Waals surface area (Å²) in [7, 11) is 0. The fourth-order valence-corrected chi connectivity index (χ4v) is 17.1. The monoisotopic (exact) mass is 1330 g/mol. The van der Waals surface area contributed by atoms with Gasteiger partial charge in [0.25, 0.3) is 0 Å². The molecule has 0 aliphatic rings. The number of hydrogen-bond donors (Lipinski definition) is 0. The summed E-state index contributed by atoms with van der Waals surface area (Å²) in [6, 6.07) is 143. The number of thiophene rings is 1. The first-order valence-corrected chi connectivity index (χ1v) is 36.1. The van der Waals surface area contributed by atoms with Crippen molar-refractivity contribution in [2.24, 2.45) is 0 Å². The van der Waals surface area contributed by atoms with E-state index in [2.05, 4.69) is 407 Å². The molecular formula is C98H64N4S. The molecule has 0 atom stereocenters. The van der Waals surface area contributed by atoms with Gasteiger partial charge in [0.05, 0.1) is 27.8 Å². The lowest BCUT2D eigenvalue weighted by Crippen LogP contribution is -2.10. The van der Waals surface area contributed by atoms with Gasteiger partial charge < -0.3 is 18.9 Å². The zero-order valence-electron chi connectivity index (χ0n) is 56.1. The highest BCUT2D eigenvalue weighted by Gasteiger charge is 2.23. The predicted octanol–water partition coefficient (Wildman–Crippen LogP) is 27.8. The molecule has 0 unspecified atom stereocenters. The van der Waals surface area contributed by atoms with Crippen LogP contribution in [-0.4, -0.2) is 9.13 Å². The molecule has 0 saturated heterocycles. The molecule has 0 saturated carbocycles. The lowest BCUT2D eigenvalue weighted by atomic mass is 9.97. The van der Waals surface area contributed by atoms with E-state index in [1.165, 1.54) is 135 Å². The molecule has 103 heavy (non-hydrogen) atoms. The first kappa shape index (κ1) is 59.7. The number of rotatable bonds is 13. The number of nitrogens with zero attached hydrogens (tertiary/aromatic N) is 4. The average Bonchev–Trinajstić information content (AvgIpc) is 1.60. The van der Waals surface area contributed by atoms with Gasteiger partial charge in [0.2, 0.25) is 0 Å². The van der Waals surface area contributed by atoms with Gasteiger partial charge in [-0.25, -0.2) is 0 Å². The van der Waals surface area contributed by atoms with Gasteiger partial charge in [-0.3, -0.25) is 0 Å².